The summed E-state index contributed by atoms with van der Waals surface area (Å²) in [5, 5.41) is 8.91. The quantitative estimate of drug-likeness (QED) is 0.763. The third kappa shape index (κ3) is 3.61. The number of carboxylic acid groups (broad SMARTS) is 1. The molecular formula is C14H18O5. The molecule has 0 spiro atoms. The van der Waals surface area contributed by atoms with Gasteiger partial charge in [-0.2, -0.15) is 0 Å². The monoisotopic (exact) mass is 266 g/mol. The highest BCUT2D eigenvalue weighted by molar-refractivity contribution is 5.74. The zero-order valence-electron chi connectivity index (χ0n) is 10.9. The standard InChI is InChI=1S/C14H18O5/c1-2-17-6-3-7-18-11-5-4-10-8-13(14(15)16)19-12(10)9-11/h4-5,9,13H,2-3,6-8H2,1H3,(H,15,16). The number of carbonyl (C=O) groups is 1. The van der Waals surface area contributed by atoms with Crippen LogP contribution in [0, 0.1) is 0 Å². The third-order valence-electron chi connectivity index (χ3n) is 2.89. The second-order valence-corrected chi connectivity index (χ2v) is 4.32. The predicted molar refractivity (Wildman–Crippen MR) is 68.8 cm³/mol. The molecule has 1 aromatic carbocycles. The Balaban J connectivity index is 1.85. The van der Waals surface area contributed by atoms with Crippen LogP contribution in [0.2, 0.25) is 0 Å². The molecular weight excluding hydrogens is 248 g/mol. The van der Waals surface area contributed by atoms with Gasteiger partial charge in [-0.15, -0.1) is 0 Å². The molecule has 1 aliphatic heterocycles. The number of ether oxygens (including phenoxy) is 3. The molecule has 0 aliphatic carbocycles. The summed E-state index contributed by atoms with van der Waals surface area (Å²) in [4.78, 5) is 10.9. The number of hydrogen-bond acceptors (Lipinski definition) is 4. The van der Waals surface area contributed by atoms with Crippen molar-refractivity contribution >= 4 is 5.97 Å². The van der Waals surface area contributed by atoms with Crippen molar-refractivity contribution in [1.82, 2.24) is 0 Å². The van der Waals surface area contributed by atoms with E-state index >= 15 is 0 Å². The molecule has 1 N–H and O–H groups in total. The Bertz CT molecular complexity index is 443. The predicted octanol–water partition coefficient (Wildman–Crippen LogP) is 1.88. The molecule has 0 radical (unpaired) electrons. The number of carboxylic acids is 1. The fourth-order valence-corrected chi connectivity index (χ4v) is 1.93. The molecule has 1 aromatic rings. The van der Waals surface area contributed by atoms with Crippen LogP contribution in [0.15, 0.2) is 18.2 Å². The van der Waals surface area contributed by atoms with Crippen LogP contribution in [0.25, 0.3) is 0 Å². The van der Waals surface area contributed by atoms with Crippen molar-refractivity contribution < 1.29 is 24.1 Å². The van der Waals surface area contributed by atoms with E-state index in [1.807, 2.05) is 19.1 Å². The van der Waals surface area contributed by atoms with Crippen LogP contribution in [0.5, 0.6) is 11.5 Å². The summed E-state index contributed by atoms with van der Waals surface area (Å²) in [6.45, 7) is 3.92. The Hall–Kier alpha value is -1.75. The Morgan fingerprint density at radius 2 is 2.32 bits per heavy atom. The number of aliphatic carboxylic acids is 1. The highest BCUT2D eigenvalue weighted by atomic mass is 16.5. The Labute approximate surface area is 112 Å². The van der Waals surface area contributed by atoms with Crippen LogP contribution in [0.4, 0.5) is 0 Å². The summed E-state index contributed by atoms with van der Waals surface area (Å²) in [7, 11) is 0. The zero-order chi connectivity index (χ0) is 13.7. The molecule has 5 heteroatoms. The fourth-order valence-electron chi connectivity index (χ4n) is 1.93. The first kappa shape index (κ1) is 13.7. The Morgan fingerprint density at radius 1 is 1.47 bits per heavy atom. The van der Waals surface area contributed by atoms with Crippen molar-refractivity contribution in [2.45, 2.75) is 25.9 Å². The average molecular weight is 266 g/mol. The van der Waals surface area contributed by atoms with Crippen LogP contribution in [0.3, 0.4) is 0 Å². The zero-order valence-corrected chi connectivity index (χ0v) is 10.9. The van der Waals surface area contributed by atoms with Gasteiger partial charge in [-0.05, 0) is 18.6 Å². The first-order valence-corrected chi connectivity index (χ1v) is 6.43. The molecule has 0 bridgehead atoms. The maximum absolute atomic E-state index is 10.9. The molecule has 0 fully saturated rings. The van der Waals surface area contributed by atoms with Crippen molar-refractivity contribution in [3.05, 3.63) is 23.8 Å². The van der Waals surface area contributed by atoms with Crippen LogP contribution in [0.1, 0.15) is 18.9 Å². The lowest BCUT2D eigenvalue weighted by Crippen LogP contribution is -2.24. The highest BCUT2D eigenvalue weighted by Crippen LogP contribution is 2.32. The van der Waals surface area contributed by atoms with Gasteiger partial charge < -0.3 is 19.3 Å². The van der Waals surface area contributed by atoms with E-state index in [9.17, 15) is 4.79 Å². The number of hydrogen-bond donors (Lipinski definition) is 1. The van der Waals surface area contributed by atoms with Crippen molar-refractivity contribution in [1.29, 1.82) is 0 Å². The summed E-state index contributed by atoms with van der Waals surface area (Å²) in [6.07, 6.45) is 0.460. The molecule has 0 amide bonds. The van der Waals surface area contributed by atoms with E-state index in [-0.39, 0.29) is 0 Å². The lowest BCUT2D eigenvalue weighted by Gasteiger charge is -2.08. The Kier molecular flexibility index (Phi) is 4.63. The lowest BCUT2D eigenvalue weighted by atomic mass is 10.1. The highest BCUT2D eigenvalue weighted by Gasteiger charge is 2.28. The van der Waals surface area contributed by atoms with Crippen molar-refractivity contribution in [3.63, 3.8) is 0 Å². The van der Waals surface area contributed by atoms with Crippen molar-refractivity contribution in [2.75, 3.05) is 19.8 Å². The first-order chi connectivity index (χ1) is 9.20. The van der Waals surface area contributed by atoms with E-state index in [4.69, 9.17) is 19.3 Å². The normalized spacial score (nSPS) is 16.8. The van der Waals surface area contributed by atoms with Crippen LogP contribution >= 0.6 is 0 Å². The summed E-state index contributed by atoms with van der Waals surface area (Å²) in [6, 6.07) is 5.45. The second-order valence-electron chi connectivity index (χ2n) is 4.32. The maximum atomic E-state index is 10.9. The molecule has 0 aromatic heterocycles. The van der Waals surface area contributed by atoms with Crippen LogP contribution in [-0.4, -0.2) is 37.0 Å². The van der Waals surface area contributed by atoms with E-state index in [2.05, 4.69) is 0 Å². The van der Waals surface area contributed by atoms with Gasteiger partial charge in [0.25, 0.3) is 0 Å². The van der Waals surface area contributed by atoms with Gasteiger partial charge in [0.2, 0.25) is 0 Å². The second kappa shape index (κ2) is 6.43. The molecule has 2 rings (SSSR count). The van der Waals surface area contributed by atoms with Gasteiger partial charge in [0.05, 0.1) is 6.61 Å². The summed E-state index contributed by atoms with van der Waals surface area (Å²) >= 11 is 0. The minimum absolute atomic E-state index is 0.412. The van der Waals surface area contributed by atoms with Gasteiger partial charge in [0, 0.05) is 32.1 Å². The Morgan fingerprint density at radius 3 is 3.05 bits per heavy atom. The van der Waals surface area contributed by atoms with E-state index in [1.54, 1.807) is 6.07 Å². The first-order valence-electron chi connectivity index (χ1n) is 6.43. The average Bonchev–Trinajstić information content (AvgIpc) is 2.82. The molecule has 19 heavy (non-hydrogen) atoms. The van der Waals surface area contributed by atoms with E-state index < -0.39 is 12.1 Å². The number of benzene rings is 1. The number of fused-ring (bicyclic) bond motifs is 1. The molecule has 104 valence electrons. The van der Waals surface area contributed by atoms with E-state index in [1.165, 1.54) is 0 Å². The summed E-state index contributed by atoms with van der Waals surface area (Å²) in [5.41, 5.74) is 0.911. The van der Waals surface area contributed by atoms with E-state index in [0.717, 1.165) is 12.0 Å². The van der Waals surface area contributed by atoms with Gasteiger partial charge in [-0.1, -0.05) is 6.07 Å². The fraction of sp³-hybridized carbons (Fsp3) is 0.500. The van der Waals surface area contributed by atoms with Crippen molar-refractivity contribution in [3.8, 4) is 11.5 Å². The van der Waals surface area contributed by atoms with Crippen molar-refractivity contribution in [2.24, 2.45) is 0 Å². The molecule has 1 aliphatic rings. The minimum atomic E-state index is -0.935. The molecule has 1 atom stereocenters. The topological polar surface area (TPSA) is 65.0 Å². The maximum Gasteiger partial charge on any atom is 0.345 e. The van der Waals surface area contributed by atoms with Crippen LogP contribution in [-0.2, 0) is 16.0 Å². The van der Waals surface area contributed by atoms with E-state index in [0.29, 0.717) is 37.7 Å². The largest absolute Gasteiger partial charge is 0.493 e. The van der Waals surface area contributed by atoms with Gasteiger partial charge in [0.15, 0.2) is 6.10 Å². The lowest BCUT2D eigenvalue weighted by molar-refractivity contribution is -0.144. The molecule has 1 unspecified atom stereocenters. The molecule has 0 saturated carbocycles. The van der Waals surface area contributed by atoms with Gasteiger partial charge in [0.1, 0.15) is 11.5 Å². The third-order valence-corrected chi connectivity index (χ3v) is 2.89. The molecule has 1 heterocycles. The van der Waals surface area contributed by atoms with Gasteiger partial charge >= 0.3 is 5.97 Å². The summed E-state index contributed by atoms with van der Waals surface area (Å²) < 4.78 is 16.1. The molecule has 0 saturated heterocycles. The van der Waals surface area contributed by atoms with Gasteiger partial charge in [-0.25, -0.2) is 4.79 Å². The van der Waals surface area contributed by atoms with Crippen LogP contribution < -0.4 is 9.47 Å². The molecule has 5 nitrogen and oxygen atoms in total. The SMILES string of the molecule is CCOCCCOc1ccc2c(c1)OC(C(=O)O)C2. The smallest absolute Gasteiger partial charge is 0.345 e. The number of rotatable bonds is 7. The summed E-state index contributed by atoms with van der Waals surface area (Å²) in [5.74, 6) is 0.367. The van der Waals surface area contributed by atoms with Gasteiger partial charge in [-0.3, -0.25) is 0 Å². The minimum Gasteiger partial charge on any atom is -0.493 e.